The number of methoxy groups -OCH3 is 1. The number of benzene rings is 2. The second-order valence-electron chi connectivity index (χ2n) is 8.30. The first-order chi connectivity index (χ1) is 16.4. The van der Waals surface area contributed by atoms with E-state index in [0.29, 0.717) is 29.9 Å². The zero-order valence-corrected chi connectivity index (χ0v) is 18.8. The maximum Gasteiger partial charge on any atom is 0.340 e. The minimum atomic E-state index is -1.79. The van der Waals surface area contributed by atoms with Crippen molar-refractivity contribution >= 4 is 17.6 Å². The topological polar surface area (TPSA) is 113 Å². The molecule has 1 aromatic heterocycles. The minimum absolute atomic E-state index is 0.0446. The standard InChI is InChI=1S/C26H23N3O5/c1-15-14-19-20(23(30)29(15)13-12-16-8-4-3-5-9-16)26(21(22(27)34-19)24(31)33-2)17-10-6-7-11-18(17)28-25(26)32/h3-11,14H,12-13,27H2,1-2H3,(H,28,32)/t26-/m1/s1. The lowest BCUT2D eigenvalue weighted by Crippen LogP contribution is -2.50. The van der Waals surface area contributed by atoms with E-state index in [1.54, 1.807) is 41.8 Å². The molecule has 1 amide bonds. The lowest BCUT2D eigenvalue weighted by Gasteiger charge is -2.35. The number of nitrogens with two attached hydrogens (primary N) is 1. The van der Waals surface area contributed by atoms with Gasteiger partial charge in [0, 0.05) is 29.6 Å². The molecule has 1 spiro atoms. The van der Waals surface area contributed by atoms with Crippen LogP contribution in [0.2, 0.25) is 0 Å². The van der Waals surface area contributed by atoms with E-state index >= 15 is 0 Å². The number of carbonyl (C=O) groups excluding carboxylic acids is 2. The molecule has 2 aromatic carbocycles. The van der Waals surface area contributed by atoms with Crippen LogP contribution in [-0.4, -0.2) is 23.6 Å². The lowest BCUT2D eigenvalue weighted by molar-refractivity contribution is -0.138. The van der Waals surface area contributed by atoms with E-state index in [2.05, 4.69) is 5.32 Å². The van der Waals surface area contributed by atoms with E-state index in [1.165, 1.54) is 7.11 Å². The fourth-order valence-electron chi connectivity index (χ4n) is 4.92. The van der Waals surface area contributed by atoms with Gasteiger partial charge >= 0.3 is 5.97 Å². The summed E-state index contributed by atoms with van der Waals surface area (Å²) in [6.45, 7) is 2.18. The fourth-order valence-corrected chi connectivity index (χ4v) is 4.92. The van der Waals surface area contributed by atoms with Gasteiger partial charge in [0.05, 0.1) is 12.7 Å². The maximum absolute atomic E-state index is 14.0. The maximum atomic E-state index is 14.0. The number of pyridine rings is 1. The molecule has 0 aliphatic carbocycles. The van der Waals surface area contributed by atoms with Gasteiger partial charge in [0.2, 0.25) is 11.8 Å². The molecule has 1 atom stereocenters. The number of para-hydroxylation sites is 1. The summed E-state index contributed by atoms with van der Waals surface area (Å²) < 4.78 is 12.3. The van der Waals surface area contributed by atoms with Gasteiger partial charge in [-0.15, -0.1) is 0 Å². The Labute approximate surface area is 195 Å². The first-order valence-corrected chi connectivity index (χ1v) is 10.9. The third kappa shape index (κ3) is 2.95. The van der Waals surface area contributed by atoms with Gasteiger partial charge in [0.25, 0.3) is 5.56 Å². The summed E-state index contributed by atoms with van der Waals surface area (Å²) in [5.74, 6) is -1.52. The Morgan fingerprint density at radius 2 is 1.82 bits per heavy atom. The van der Waals surface area contributed by atoms with E-state index in [1.807, 2.05) is 30.3 Å². The molecule has 2 aliphatic rings. The molecule has 0 radical (unpaired) electrons. The Hall–Kier alpha value is -4.33. The SMILES string of the molecule is COC(=O)C1=C(N)Oc2cc(C)n(CCc3ccccc3)c(=O)c2[C@@]12C(=O)Nc1ccccc12. The van der Waals surface area contributed by atoms with Gasteiger partial charge in [-0.3, -0.25) is 9.59 Å². The van der Waals surface area contributed by atoms with Crippen LogP contribution in [0.5, 0.6) is 5.75 Å². The molecule has 3 N–H and O–H groups in total. The van der Waals surface area contributed by atoms with Gasteiger partial charge in [0.15, 0.2) is 0 Å². The third-order valence-corrected chi connectivity index (χ3v) is 6.46. The number of nitrogens with one attached hydrogen (secondary N) is 1. The fraction of sp³-hybridized carbons (Fsp3) is 0.192. The first-order valence-electron chi connectivity index (χ1n) is 10.9. The molecule has 34 heavy (non-hydrogen) atoms. The number of hydrogen-bond donors (Lipinski definition) is 2. The average Bonchev–Trinajstić information content (AvgIpc) is 3.11. The monoisotopic (exact) mass is 457 g/mol. The molecule has 3 heterocycles. The highest BCUT2D eigenvalue weighted by Crippen LogP contribution is 2.52. The van der Waals surface area contributed by atoms with Gasteiger partial charge in [-0.2, -0.15) is 0 Å². The molecule has 8 heteroatoms. The highest BCUT2D eigenvalue weighted by atomic mass is 16.5. The number of fused-ring (bicyclic) bond motifs is 4. The highest BCUT2D eigenvalue weighted by Gasteiger charge is 2.60. The minimum Gasteiger partial charge on any atom is -0.465 e. The Morgan fingerprint density at radius 1 is 1.12 bits per heavy atom. The van der Waals surface area contributed by atoms with Gasteiger partial charge in [0.1, 0.15) is 16.7 Å². The number of hydrogen-bond acceptors (Lipinski definition) is 6. The van der Waals surface area contributed by atoms with E-state index in [4.69, 9.17) is 15.2 Å². The molecule has 0 bridgehead atoms. The molecule has 0 saturated carbocycles. The number of aromatic nitrogens is 1. The smallest absolute Gasteiger partial charge is 0.340 e. The van der Waals surface area contributed by atoms with Crippen molar-refractivity contribution in [3.63, 3.8) is 0 Å². The summed E-state index contributed by atoms with van der Waals surface area (Å²) in [4.78, 5) is 40.6. The number of nitrogens with zero attached hydrogens (tertiary/aromatic N) is 1. The van der Waals surface area contributed by atoms with Crippen LogP contribution in [0.1, 0.15) is 22.4 Å². The van der Waals surface area contributed by atoms with Crippen LogP contribution in [-0.2, 0) is 32.7 Å². The quantitative estimate of drug-likeness (QED) is 0.582. The summed E-state index contributed by atoms with van der Waals surface area (Å²) in [5.41, 5.74) is 6.46. The summed E-state index contributed by atoms with van der Waals surface area (Å²) >= 11 is 0. The molecule has 0 fully saturated rings. The molecule has 3 aromatic rings. The van der Waals surface area contributed by atoms with E-state index in [-0.39, 0.29) is 22.8 Å². The van der Waals surface area contributed by atoms with Gasteiger partial charge in [-0.25, -0.2) is 4.79 Å². The molecule has 5 rings (SSSR count). The number of amides is 1. The van der Waals surface area contributed by atoms with Crippen molar-refractivity contribution in [3.8, 4) is 5.75 Å². The number of esters is 1. The van der Waals surface area contributed by atoms with Gasteiger partial charge < -0.3 is 25.1 Å². The zero-order valence-electron chi connectivity index (χ0n) is 18.8. The van der Waals surface area contributed by atoms with Crippen LogP contribution < -0.4 is 21.3 Å². The number of ether oxygens (including phenoxy) is 2. The van der Waals surface area contributed by atoms with E-state index in [9.17, 15) is 14.4 Å². The second kappa shape index (κ2) is 7.91. The second-order valence-corrected chi connectivity index (χ2v) is 8.30. The van der Waals surface area contributed by atoms with Crippen LogP contribution in [0, 0.1) is 6.92 Å². The molecule has 2 aliphatic heterocycles. The van der Waals surface area contributed by atoms with Crippen molar-refractivity contribution in [2.45, 2.75) is 25.3 Å². The van der Waals surface area contributed by atoms with Crippen LogP contribution >= 0.6 is 0 Å². The summed E-state index contributed by atoms with van der Waals surface area (Å²) in [7, 11) is 1.19. The van der Waals surface area contributed by atoms with Crippen molar-refractivity contribution in [3.05, 3.63) is 105 Å². The molecular formula is C26H23N3O5. The zero-order chi connectivity index (χ0) is 24.0. The largest absolute Gasteiger partial charge is 0.465 e. The number of anilines is 1. The molecular weight excluding hydrogens is 434 g/mol. The number of carbonyl (C=O) groups is 2. The normalized spacial score (nSPS) is 18.2. The highest BCUT2D eigenvalue weighted by molar-refractivity contribution is 6.17. The predicted molar refractivity (Wildman–Crippen MR) is 125 cm³/mol. The average molecular weight is 457 g/mol. The Kier molecular flexibility index (Phi) is 5.01. The predicted octanol–water partition coefficient (Wildman–Crippen LogP) is 2.37. The Bertz CT molecular complexity index is 1420. The van der Waals surface area contributed by atoms with E-state index in [0.717, 1.165) is 5.56 Å². The summed E-state index contributed by atoms with van der Waals surface area (Å²) in [5, 5.41) is 2.81. The van der Waals surface area contributed by atoms with Crippen molar-refractivity contribution in [2.24, 2.45) is 5.73 Å². The van der Waals surface area contributed by atoms with Gasteiger partial charge in [-0.1, -0.05) is 48.5 Å². The van der Waals surface area contributed by atoms with Crippen LogP contribution in [0.15, 0.2) is 76.9 Å². The van der Waals surface area contributed by atoms with Crippen LogP contribution in [0.3, 0.4) is 0 Å². The third-order valence-electron chi connectivity index (χ3n) is 6.46. The van der Waals surface area contributed by atoms with Crippen molar-refractivity contribution in [1.29, 1.82) is 0 Å². The van der Waals surface area contributed by atoms with Crippen LogP contribution in [0.25, 0.3) is 0 Å². The molecule has 0 unspecified atom stereocenters. The first kappa shape index (κ1) is 21.5. The van der Waals surface area contributed by atoms with Gasteiger partial charge in [-0.05, 0) is 25.0 Å². The molecule has 172 valence electrons. The molecule has 8 nitrogen and oxygen atoms in total. The lowest BCUT2D eigenvalue weighted by atomic mass is 9.68. The summed E-state index contributed by atoms with van der Waals surface area (Å²) in [6.07, 6.45) is 0.610. The van der Waals surface area contributed by atoms with Crippen molar-refractivity contribution < 1.29 is 19.1 Å². The number of rotatable bonds is 4. The summed E-state index contributed by atoms with van der Waals surface area (Å²) in [6, 6.07) is 18.4. The Balaban J connectivity index is 1.78. The Morgan fingerprint density at radius 3 is 2.56 bits per heavy atom. The number of aryl methyl sites for hydroxylation is 2. The van der Waals surface area contributed by atoms with E-state index < -0.39 is 22.9 Å². The van der Waals surface area contributed by atoms with Crippen molar-refractivity contribution in [2.75, 3.05) is 12.4 Å². The molecule has 0 saturated heterocycles. The van der Waals surface area contributed by atoms with Crippen molar-refractivity contribution in [1.82, 2.24) is 4.57 Å². The van der Waals surface area contributed by atoms with Crippen LogP contribution in [0.4, 0.5) is 5.69 Å².